The minimum Gasteiger partial charge on any atom is -0.494 e. The first-order valence-electron chi connectivity index (χ1n) is 5.13. The molecule has 1 aliphatic heterocycles. The molecule has 1 rings (SSSR count). The van der Waals surface area contributed by atoms with Crippen LogP contribution in [0.25, 0.3) is 0 Å². The number of esters is 1. The van der Waals surface area contributed by atoms with Gasteiger partial charge in [-0.15, -0.1) is 0 Å². The summed E-state index contributed by atoms with van der Waals surface area (Å²) in [6, 6.07) is 0. The lowest BCUT2D eigenvalue weighted by Gasteiger charge is -2.34. The molecule has 1 aliphatic rings. The van der Waals surface area contributed by atoms with Gasteiger partial charge in [-0.05, 0) is 39.7 Å². The van der Waals surface area contributed by atoms with E-state index in [-0.39, 0.29) is 12.1 Å². The number of rotatable bonds is 3. The Labute approximate surface area is 90.8 Å². The van der Waals surface area contributed by atoms with Gasteiger partial charge in [0.2, 0.25) is 0 Å². The van der Waals surface area contributed by atoms with Gasteiger partial charge in [0, 0.05) is 5.57 Å². The van der Waals surface area contributed by atoms with Crippen LogP contribution in [0.4, 0.5) is 0 Å². The normalized spacial score (nSPS) is 20.6. The second-order valence-electron chi connectivity index (χ2n) is 4.35. The van der Waals surface area contributed by atoms with E-state index in [9.17, 15) is 4.79 Å². The average Bonchev–Trinajstić information content (AvgIpc) is 2.18. The Balaban J connectivity index is 2.61. The van der Waals surface area contributed by atoms with Crippen molar-refractivity contribution in [2.45, 2.75) is 45.3 Å². The fourth-order valence-electron chi connectivity index (χ4n) is 1.44. The molecule has 1 heterocycles. The predicted molar refractivity (Wildman–Crippen MR) is 58.2 cm³/mol. The molecule has 0 spiro atoms. The summed E-state index contributed by atoms with van der Waals surface area (Å²) in [5.41, 5.74) is -0.199. The van der Waals surface area contributed by atoms with Gasteiger partial charge in [0.1, 0.15) is 11.7 Å². The van der Waals surface area contributed by atoms with Gasteiger partial charge in [-0.2, -0.15) is 0 Å². The first-order chi connectivity index (χ1) is 6.93. The van der Waals surface area contributed by atoms with Gasteiger partial charge in [0.15, 0.2) is 0 Å². The molecule has 0 aliphatic carbocycles. The van der Waals surface area contributed by atoms with Crippen molar-refractivity contribution in [2.24, 2.45) is 0 Å². The smallest absolute Gasteiger partial charge is 0.333 e. The minimum absolute atomic E-state index is 0.0780. The van der Waals surface area contributed by atoms with E-state index in [1.165, 1.54) is 0 Å². The summed E-state index contributed by atoms with van der Waals surface area (Å²) in [6.07, 6.45) is 5.38. The van der Waals surface area contributed by atoms with E-state index in [1.54, 1.807) is 13.2 Å². The highest BCUT2D eigenvalue weighted by molar-refractivity contribution is 5.87. The SMILES string of the molecule is C=C(C)C(=O)OC(C)(C)C1CCC=CO1. The molecular weight excluding hydrogens is 192 g/mol. The Kier molecular flexibility index (Phi) is 3.56. The second kappa shape index (κ2) is 4.51. The molecule has 0 aromatic heterocycles. The fourth-order valence-corrected chi connectivity index (χ4v) is 1.44. The first-order valence-corrected chi connectivity index (χ1v) is 5.13. The van der Waals surface area contributed by atoms with Crippen LogP contribution in [0.15, 0.2) is 24.5 Å². The van der Waals surface area contributed by atoms with E-state index in [2.05, 4.69) is 6.58 Å². The van der Waals surface area contributed by atoms with E-state index in [0.717, 1.165) is 12.8 Å². The molecule has 15 heavy (non-hydrogen) atoms. The number of carbonyl (C=O) groups excluding carboxylic acids is 1. The molecule has 1 atom stereocenters. The van der Waals surface area contributed by atoms with Crippen molar-refractivity contribution < 1.29 is 14.3 Å². The zero-order valence-corrected chi connectivity index (χ0v) is 9.58. The standard InChI is InChI=1S/C12H18O3/c1-9(2)11(13)15-12(3,4)10-7-5-6-8-14-10/h6,8,10H,1,5,7H2,2-4H3. The van der Waals surface area contributed by atoms with Crippen molar-refractivity contribution in [3.63, 3.8) is 0 Å². The third kappa shape index (κ3) is 3.11. The van der Waals surface area contributed by atoms with Crippen LogP contribution < -0.4 is 0 Å². The van der Waals surface area contributed by atoms with Crippen LogP contribution in [0.5, 0.6) is 0 Å². The Bertz CT molecular complexity index is 289. The molecule has 0 N–H and O–H groups in total. The number of hydrogen-bond donors (Lipinski definition) is 0. The third-order valence-electron chi connectivity index (χ3n) is 2.41. The van der Waals surface area contributed by atoms with E-state index in [0.29, 0.717) is 5.57 Å². The van der Waals surface area contributed by atoms with Gasteiger partial charge >= 0.3 is 5.97 Å². The number of ether oxygens (including phenoxy) is 2. The van der Waals surface area contributed by atoms with Crippen LogP contribution in [0.2, 0.25) is 0 Å². The van der Waals surface area contributed by atoms with Crippen LogP contribution in [-0.2, 0) is 14.3 Å². The molecule has 84 valence electrons. The van der Waals surface area contributed by atoms with Crippen molar-refractivity contribution in [2.75, 3.05) is 0 Å². The molecule has 0 amide bonds. The Morgan fingerprint density at radius 1 is 1.60 bits per heavy atom. The van der Waals surface area contributed by atoms with Gasteiger partial charge in [-0.25, -0.2) is 4.79 Å². The molecule has 1 unspecified atom stereocenters. The highest BCUT2D eigenvalue weighted by Crippen LogP contribution is 2.26. The van der Waals surface area contributed by atoms with Crippen molar-refractivity contribution in [3.05, 3.63) is 24.5 Å². The summed E-state index contributed by atoms with van der Waals surface area (Å²) in [5.74, 6) is -0.363. The number of carbonyl (C=O) groups is 1. The molecule has 0 radical (unpaired) electrons. The molecular formula is C12H18O3. The number of allylic oxidation sites excluding steroid dienone is 1. The van der Waals surface area contributed by atoms with Crippen molar-refractivity contribution in [1.29, 1.82) is 0 Å². The largest absolute Gasteiger partial charge is 0.494 e. The Morgan fingerprint density at radius 3 is 2.73 bits per heavy atom. The van der Waals surface area contributed by atoms with Crippen LogP contribution in [0, 0.1) is 0 Å². The summed E-state index contributed by atoms with van der Waals surface area (Å²) in [6.45, 7) is 8.91. The van der Waals surface area contributed by atoms with Crippen molar-refractivity contribution >= 4 is 5.97 Å². The molecule has 0 aromatic rings. The lowest BCUT2D eigenvalue weighted by molar-refractivity contribution is -0.164. The van der Waals surface area contributed by atoms with Gasteiger partial charge in [0.05, 0.1) is 6.26 Å². The zero-order valence-electron chi connectivity index (χ0n) is 9.58. The number of hydrogen-bond acceptors (Lipinski definition) is 3. The lowest BCUT2D eigenvalue weighted by Crippen LogP contribution is -2.42. The molecule has 0 saturated carbocycles. The van der Waals surface area contributed by atoms with Gasteiger partial charge < -0.3 is 9.47 Å². The quantitative estimate of drug-likeness (QED) is 0.530. The van der Waals surface area contributed by atoms with Crippen molar-refractivity contribution in [1.82, 2.24) is 0 Å². The summed E-state index contributed by atoms with van der Waals surface area (Å²) in [7, 11) is 0. The summed E-state index contributed by atoms with van der Waals surface area (Å²) >= 11 is 0. The molecule has 3 nitrogen and oxygen atoms in total. The second-order valence-corrected chi connectivity index (χ2v) is 4.35. The third-order valence-corrected chi connectivity index (χ3v) is 2.41. The molecule has 0 saturated heterocycles. The van der Waals surface area contributed by atoms with Gasteiger partial charge in [0.25, 0.3) is 0 Å². The highest BCUT2D eigenvalue weighted by atomic mass is 16.6. The maximum absolute atomic E-state index is 11.4. The first kappa shape index (κ1) is 11.8. The molecule has 0 bridgehead atoms. The van der Waals surface area contributed by atoms with E-state index in [1.807, 2.05) is 19.9 Å². The van der Waals surface area contributed by atoms with Crippen molar-refractivity contribution in [3.8, 4) is 0 Å². The molecule has 3 heteroatoms. The van der Waals surface area contributed by atoms with Crippen LogP contribution in [0.3, 0.4) is 0 Å². The van der Waals surface area contributed by atoms with Gasteiger partial charge in [-0.1, -0.05) is 6.58 Å². The molecule has 0 aromatic carbocycles. The van der Waals surface area contributed by atoms with Crippen LogP contribution in [0.1, 0.15) is 33.6 Å². The summed E-state index contributed by atoms with van der Waals surface area (Å²) < 4.78 is 10.8. The van der Waals surface area contributed by atoms with E-state index >= 15 is 0 Å². The zero-order chi connectivity index (χ0) is 11.5. The molecule has 0 fully saturated rings. The highest BCUT2D eigenvalue weighted by Gasteiger charge is 2.35. The van der Waals surface area contributed by atoms with Crippen LogP contribution >= 0.6 is 0 Å². The maximum atomic E-state index is 11.4. The van der Waals surface area contributed by atoms with Gasteiger partial charge in [-0.3, -0.25) is 0 Å². The average molecular weight is 210 g/mol. The van der Waals surface area contributed by atoms with E-state index < -0.39 is 5.60 Å². The topological polar surface area (TPSA) is 35.5 Å². The van der Waals surface area contributed by atoms with E-state index in [4.69, 9.17) is 9.47 Å². The Hall–Kier alpha value is -1.25. The fraction of sp³-hybridized carbons (Fsp3) is 0.583. The summed E-state index contributed by atoms with van der Waals surface area (Å²) in [5, 5.41) is 0. The summed E-state index contributed by atoms with van der Waals surface area (Å²) in [4.78, 5) is 11.4. The maximum Gasteiger partial charge on any atom is 0.333 e. The minimum atomic E-state index is -0.610. The predicted octanol–water partition coefficient (Wildman–Crippen LogP) is 2.58. The Morgan fingerprint density at radius 2 is 2.27 bits per heavy atom. The monoisotopic (exact) mass is 210 g/mol. The van der Waals surface area contributed by atoms with Crippen LogP contribution in [-0.4, -0.2) is 17.7 Å². The lowest BCUT2D eigenvalue weighted by atomic mass is 9.96.